The summed E-state index contributed by atoms with van der Waals surface area (Å²) >= 11 is 1.72. The van der Waals surface area contributed by atoms with Gasteiger partial charge in [0.2, 0.25) is 0 Å². The van der Waals surface area contributed by atoms with Crippen LogP contribution < -0.4 is 9.47 Å². The number of thioether (sulfide) groups is 1. The monoisotopic (exact) mass is 223 g/mol. The quantitative estimate of drug-likeness (QED) is 0.718. The number of nitriles is 1. The summed E-state index contributed by atoms with van der Waals surface area (Å²) < 4.78 is 10.5. The minimum Gasteiger partial charge on any atom is -0.497 e. The molecule has 0 aliphatic carbocycles. The molecule has 0 spiro atoms. The van der Waals surface area contributed by atoms with Crippen LogP contribution in [0.2, 0.25) is 0 Å². The number of nitrogens with zero attached hydrogens (tertiary/aromatic N) is 1. The zero-order valence-corrected chi connectivity index (χ0v) is 9.63. The van der Waals surface area contributed by atoms with Crippen molar-refractivity contribution >= 4 is 11.8 Å². The van der Waals surface area contributed by atoms with E-state index in [9.17, 15) is 0 Å². The van der Waals surface area contributed by atoms with Gasteiger partial charge in [-0.2, -0.15) is 17.0 Å². The van der Waals surface area contributed by atoms with Crippen molar-refractivity contribution < 1.29 is 9.47 Å². The molecule has 0 aliphatic rings. The molecule has 0 N–H and O–H groups in total. The summed E-state index contributed by atoms with van der Waals surface area (Å²) in [6.45, 7) is 0.638. The van der Waals surface area contributed by atoms with E-state index in [4.69, 9.17) is 14.7 Å². The van der Waals surface area contributed by atoms with Gasteiger partial charge in [-0.25, -0.2) is 0 Å². The Labute approximate surface area is 94.0 Å². The van der Waals surface area contributed by atoms with Crippen LogP contribution in [0, 0.1) is 11.3 Å². The van der Waals surface area contributed by atoms with Gasteiger partial charge < -0.3 is 9.47 Å². The van der Waals surface area contributed by atoms with E-state index in [1.807, 2.05) is 6.26 Å². The summed E-state index contributed by atoms with van der Waals surface area (Å²) in [5, 5.41) is 8.79. The van der Waals surface area contributed by atoms with E-state index in [2.05, 4.69) is 6.07 Å². The van der Waals surface area contributed by atoms with Crippen LogP contribution >= 0.6 is 11.8 Å². The van der Waals surface area contributed by atoms with E-state index < -0.39 is 0 Å². The van der Waals surface area contributed by atoms with Crippen molar-refractivity contribution in [1.29, 1.82) is 5.26 Å². The van der Waals surface area contributed by atoms with E-state index in [0.29, 0.717) is 23.7 Å². The zero-order chi connectivity index (χ0) is 11.1. The van der Waals surface area contributed by atoms with Crippen molar-refractivity contribution in [3.05, 3.63) is 23.8 Å². The van der Waals surface area contributed by atoms with Crippen LogP contribution in [0.3, 0.4) is 0 Å². The minimum atomic E-state index is 0.550. The molecule has 0 fully saturated rings. The van der Waals surface area contributed by atoms with E-state index in [1.165, 1.54) is 0 Å². The van der Waals surface area contributed by atoms with Gasteiger partial charge in [0.1, 0.15) is 11.5 Å². The minimum absolute atomic E-state index is 0.550. The average Bonchev–Trinajstić information content (AvgIpc) is 2.29. The summed E-state index contributed by atoms with van der Waals surface area (Å²) in [5.74, 6) is 2.26. The van der Waals surface area contributed by atoms with E-state index in [1.54, 1.807) is 37.1 Å². The third kappa shape index (κ3) is 3.72. The van der Waals surface area contributed by atoms with E-state index in [-0.39, 0.29) is 0 Å². The Balaban J connectivity index is 2.74. The predicted molar refractivity (Wildman–Crippen MR) is 61.6 cm³/mol. The predicted octanol–water partition coefficient (Wildman–Crippen LogP) is 2.31. The molecule has 0 unspecified atom stereocenters. The number of benzene rings is 1. The number of ether oxygens (including phenoxy) is 2. The second-order valence-corrected chi connectivity index (χ2v) is 3.84. The van der Waals surface area contributed by atoms with Gasteiger partial charge in [0, 0.05) is 11.8 Å². The molecule has 0 aromatic heterocycles. The van der Waals surface area contributed by atoms with Crippen LogP contribution in [-0.2, 0) is 0 Å². The molecule has 15 heavy (non-hydrogen) atoms. The molecule has 0 aliphatic heterocycles. The van der Waals surface area contributed by atoms with Crippen LogP contribution in [0.25, 0.3) is 0 Å². The topological polar surface area (TPSA) is 42.2 Å². The van der Waals surface area contributed by atoms with Gasteiger partial charge in [-0.1, -0.05) is 0 Å². The number of rotatable bonds is 5. The highest BCUT2D eigenvalue weighted by Gasteiger charge is 2.01. The van der Waals surface area contributed by atoms with Crippen molar-refractivity contribution in [3.8, 4) is 17.6 Å². The highest BCUT2D eigenvalue weighted by atomic mass is 32.2. The Morgan fingerprint density at radius 2 is 2.07 bits per heavy atom. The second-order valence-electron chi connectivity index (χ2n) is 2.85. The maximum Gasteiger partial charge on any atom is 0.124 e. The molecule has 1 rings (SSSR count). The maximum atomic E-state index is 8.79. The Morgan fingerprint density at radius 3 is 2.67 bits per heavy atom. The second kappa shape index (κ2) is 6.20. The summed E-state index contributed by atoms with van der Waals surface area (Å²) in [6, 6.07) is 7.24. The molecule has 0 bridgehead atoms. The van der Waals surface area contributed by atoms with Crippen molar-refractivity contribution in [2.45, 2.75) is 0 Å². The molecule has 1 aromatic rings. The van der Waals surface area contributed by atoms with Crippen molar-refractivity contribution in [2.24, 2.45) is 0 Å². The normalized spacial score (nSPS) is 9.40. The van der Waals surface area contributed by atoms with Crippen molar-refractivity contribution in [1.82, 2.24) is 0 Å². The molecule has 80 valence electrons. The Morgan fingerprint density at radius 1 is 1.33 bits per heavy atom. The lowest BCUT2D eigenvalue weighted by molar-refractivity contribution is 0.339. The van der Waals surface area contributed by atoms with Crippen LogP contribution in [0.5, 0.6) is 11.5 Å². The summed E-state index contributed by atoms with van der Waals surface area (Å²) in [5.41, 5.74) is 0.550. The Bertz CT molecular complexity index is 360. The van der Waals surface area contributed by atoms with Crippen LogP contribution in [0.1, 0.15) is 5.56 Å². The SMILES string of the molecule is COc1cc(C#N)cc(OCCSC)c1. The summed E-state index contributed by atoms with van der Waals surface area (Å²) in [4.78, 5) is 0. The third-order valence-electron chi connectivity index (χ3n) is 1.80. The third-order valence-corrected chi connectivity index (χ3v) is 2.38. The average molecular weight is 223 g/mol. The molecule has 3 nitrogen and oxygen atoms in total. The fraction of sp³-hybridized carbons (Fsp3) is 0.364. The van der Waals surface area contributed by atoms with Gasteiger partial charge in [0.15, 0.2) is 0 Å². The number of hydrogen-bond donors (Lipinski definition) is 0. The van der Waals surface area contributed by atoms with Gasteiger partial charge >= 0.3 is 0 Å². The molecule has 4 heteroatoms. The lowest BCUT2D eigenvalue weighted by Crippen LogP contribution is -2.00. The van der Waals surface area contributed by atoms with Crippen LogP contribution in [0.15, 0.2) is 18.2 Å². The largest absolute Gasteiger partial charge is 0.497 e. The van der Waals surface area contributed by atoms with Gasteiger partial charge in [-0.15, -0.1) is 0 Å². The molecule has 0 saturated carbocycles. The Kier molecular flexibility index (Phi) is 4.85. The zero-order valence-electron chi connectivity index (χ0n) is 8.82. The fourth-order valence-electron chi connectivity index (χ4n) is 1.08. The lowest BCUT2D eigenvalue weighted by Gasteiger charge is -2.07. The van der Waals surface area contributed by atoms with Crippen LogP contribution in [-0.4, -0.2) is 25.7 Å². The molecule has 1 aromatic carbocycles. The smallest absolute Gasteiger partial charge is 0.124 e. The highest BCUT2D eigenvalue weighted by molar-refractivity contribution is 7.98. The molecule has 0 amide bonds. The molecule has 0 atom stereocenters. The first-order chi connectivity index (χ1) is 7.30. The first-order valence-corrected chi connectivity index (χ1v) is 5.90. The van der Waals surface area contributed by atoms with E-state index in [0.717, 1.165) is 5.75 Å². The number of hydrogen-bond acceptors (Lipinski definition) is 4. The summed E-state index contributed by atoms with van der Waals surface area (Å²) in [7, 11) is 1.57. The Hall–Kier alpha value is -1.34. The fourth-order valence-corrected chi connectivity index (χ4v) is 1.33. The number of methoxy groups -OCH3 is 1. The van der Waals surface area contributed by atoms with Crippen molar-refractivity contribution in [3.63, 3.8) is 0 Å². The lowest BCUT2D eigenvalue weighted by atomic mass is 10.2. The maximum absolute atomic E-state index is 8.79. The first-order valence-electron chi connectivity index (χ1n) is 4.51. The summed E-state index contributed by atoms with van der Waals surface area (Å²) in [6.07, 6.45) is 2.02. The van der Waals surface area contributed by atoms with Gasteiger partial charge in [-0.3, -0.25) is 0 Å². The van der Waals surface area contributed by atoms with Gasteiger partial charge in [-0.05, 0) is 18.4 Å². The molecular weight excluding hydrogens is 210 g/mol. The molecule has 0 saturated heterocycles. The molecule has 0 heterocycles. The highest BCUT2D eigenvalue weighted by Crippen LogP contribution is 2.22. The van der Waals surface area contributed by atoms with Crippen molar-refractivity contribution in [2.75, 3.05) is 25.7 Å². The van der Waals surface area contributed by atoms with Gasteiger partial charge in [0.05, 0.1) is 25.3 Å². The first kappa shape index (κ1) is 11.7. The van der Waals surface area contributed by atoms with Gasteiger partial charge in [0.25, 0.3) is 0 Å². The van der Waals surface area contributed by atoms with E-state index >= 15 is 0 Å². The molecule has 0 radical (unpaired) electrons. The standard InChI is InChI=1S/C11H13NO2S/c1-13-10-5-9(8-12)6-11(7-10)14-3-4-15-2/h5-7H,3-4H2,1-2H3. The van der Waals surface area contributed by atoms with Crippen LogP contribution in [0.4, 0.5) is 0 Å². The molecular formula is C11H13NO2S.